The minimum absolute atomic E-state index is 0.273. The molecule has 3 unspecified atom stereocenters. The zero-order valence-electron chi connectivity index (χ0n) is 10.9. The molecule has 0 spiro atoms. The second-order valence-corrected chi connectivity index (χ2v) is 5.34. The van der Waals surface area contributed by atoms with Gasteiger partial charge in [0.2, 0.25) is 5.91 Å². The van der Waals surface area contributed by atoms with E-state index in [-0.39, 0.29) is 5.91 Å². The van der Waals surface area contributed by atoms with E-state index in [1.54, 1.807) is 7.11 Å². The van der Waals surface area contributed by atoms with Crippen molar-refractivity contribution in [2.75, 3.05) is 20.7 Å². The van der Waals surface area contributed by atoms with E-state index in [9.17, 15) is 4.79 Å². The molecule has 0 aromatic heterocycles. The molecule has 4 heteroatoms. The third-order valence-electron chi connectivity index (χ3n) is 4.08. The highest BCUT2D eigenvalue weighted by Crippen LogP contribution is 2.22. The molecule has 0 aromatic carbocycles. The van der Waals surface area contributed by atoms with Crippen LogP contribution in [0.1, 0.15) is 38.5 Å². The molecule has 0 aromatic rings. The molecule has 2 aliphatic rings. The highest BCUT2D eigenvalue weighted by Gasteiger charge is 2.29. The molecule has 17 heavy (non-hydrogen) atoms. The molecule has 2 fully saturated rings. The van der Waals surface area contributed by atoms with Crippen LogP contribution in [-0.4, -0.2) is 49.7 Å². The Bertz CT molecular complexity index is 270. The molecule has 1 N–H and O–H groups in total. The summed E-state index contributed by atoms with van der Waals surface area (Å²) in [5.74, 6) is 0.273. The molecule has 0 bridgehead atoms. The average Bonchev–Trinajstić information content (AvgIpc) is 2.34. The Labute approximate surface area is 104 Å². The van der Waals surface area contributed by atoms with Crippen molar-refractivity contribution >= 4 is 5.91 Å². The number of hydrogen-bond donors (Lipinski definition) is 1. The van der Waals surface area contributed by atoms with Crippen molar-refractivity contribution in [3.8, 4) is 0 Å². The van der Waals surface area contributed by atoms with Gasteiger partial charge in [0.25, 0.3) is 0 Å². The first kappa shape index (κ1) is 12.8. The highest BCUT2D eigenvalue weighted by atomic mass is 16.5. The first-order chi connectivity index (χ1) is 8.20. The Kier molecular flexibility index (Phi) is 4.40. The maximum Gasteiger partial charge on any atom is 0.222 e. The summed E-state index contributed by atoms with van der Waals surface area (Å²) in [5, 5.41) is 3.69. The number of ether oxygens (including phenoxy) is 1. The monoisotopic (exact) mass is 240 g/mol. The molecule has 98 valence electrons. The number of amides is 1. The summed E-state index contributed by atoms with van der Waals surface area (Å²) in [6.07, 6.45) is 6.93. The summed E-state index contributed by atoms with van der Waals surface area (Å²) in [4.78, 5) is 13.3. The Hall–Kier alpha value is -0.610. The van der Waals surface area contributed by atoms with Gasteiger partial charge in [-0.25, -0.2) is 0 Å². The molecular weight excluding hydrogens is 216 g/mol. The van der Waals surface area contributed by atoms with Crippen LogP contribution >= 0.6 is 0 Å². The van der Waals surface area contributed by atoms with Gasteiger partial charge in [0.1, 0.15) is 0 Å². The first-order valence-corrected chi connectivity index (χ1v) is 6.73. The van der Waals surface area contributed by atoms with Crippen LogP contribution < -0.4 is 5.32 Å². The standard InChI is InChI=1S/C13H24N2O2/c1-15-9-10(7-8-13(15)16)14-11-5-3-4-6-12(11)17-2/h10-12,14H,3-9H2,1-2H3. The summed E-state index contributed by atoms with van der Waals surface area (Å²) in [5.41, 5.74) is 0. The van der Waals surface area contributed by atoms with Crippen LogP contribution in [0.5, 0.6) is 0 Å². The Morgan fingerprint density at radius 1 is 1.29 bits per heavy atom. The van der Waals surface area contributed by atoms with Gasteiger partial charge in [-0.15, -0.1) is 0 Å². The van der Waals surface area contributed by atoms with Gasteiger partial charge >= 0.3 is 0 Å². The van der Waals surface area contributed by atoms with Gasteiger partial charge in [-0.3, -0.25) is 4.79 Å². The summed E-state index contributed by atoms with van der Waals surface area (Å²) in [6, 6.07) is 0.916. The van der Waals surface area contributed by atoms with Crippen LogP contribution in [0.2, 0.25) is 0 Å². The van der Waals surface area contributed by atoms with Crippen LogP contribution in [0, 0.1) is 0 Å². The van der Waals surface area contributed by atoms with E-state index in [4.69, 9.17) is 4.74 Å². The average molecular weight is 240 g/mol. The maximum absolute atomic E-state index is 11.4. The van der Waals surface area contributed by atoms with Gasteiger partial charge in [0.15, 0.2) is 0 Å². The van der Waals surface area contributed by atoms with Crippen molar-refractivity contribution in [3.63, 3.8) is 0 Å². The lowest BCUT2D eigenvalue weighted by atomic mass is 9.91. The van der Waals surface area contributed by atoms with Crippen LogP contribution in [0.15, 0.2) is 0 Å². The second kappa shape index (κ2) is 5.83. The lowest BCUT2D eigenvalue weighted by Gasteiger charge is -2.37. The van der Waals surface area contributed by atoms with Gasteiger partial charge in [-0.05, 0) is 19.3 Å². The van der Waals surface area contributed by atoms with Crippen molar-refractivity contribution < 1.29 is 9.53 Å². The topological polar surface area (TPSA) is 41.6 Å². The third kappa shape index (κ3) is 3.19. The summed E-state index contributed by atoms with van der Waals surface area (Å²) in [6.45, 7) is 0.839. The zero-order chi connectivity index (χ0) is 12.3. The van der Waals surface area contributed by atoms with Crippen molar-refractivity contribution in [1.82, 2.24) is 10.2 Å². The lowest BCUT2D eigenvalue weighted by Crippen LogP contribution is -2.53. The number of likely N-dealkylation sites (N-methyl/N-ethyl adjacent to an activating group) is 1. The third-order valence-corrected chi connectivity index (χ3v) is 4.08. The number of carbonyl (C=O) groups is 1. The Balaban J connectivity index is 1.85. The maximum atomic E-state index is 11.4. The molecule has 0 radical (unpaired) electrons. The Morgan fingerprint density at radius 2 is 2.06 bits per heavy atom. The number of carbonyl (C=O) groups excluding carboxylic acids is 1. The largest absolute Gasteiger partial charge is 0.380 e. The van der Waals surface area contributed by atoms with E-state index < -0.39 is 0 Å². The lowest BCUT2D eigenvalue weighted by molar-refractivity contribution is -0.132. The molecule has 1 aliphatic carbocycles. The molecule has 2 rings (SSSR count). The van der Waals surface area contributed by atoms with Crippen LogP contribution in [0.4, 0.5) is 0 Å². The predicted octanol–water partition coefficient (Wildman–Crippen LogP) is 1.15. The molecule has 3 atom stereocenters. The number of nitrogens with zero attached hydrogens (tertiary/aromatic N) is 1. The van der Waals surface area contributed by atoms with Gasteiger partial charge in [-0.1, -0.05) is 12.8 Å². The summed E-state index contributed by atoms with van der Waals surface area (Å²) >= 11 is 0. The second-order valence-electron chi connectivity index (χ2n) is 5.34. The summed E-state index contributed by atoms with van der Waals surface area (Å²) < 4.78 is 5.55. The molecule has 4 nitrogen and oxygen atoms in total. The van der Waals surface area contributed by atoms with Crippen molar-refractivity contribution in [2.24, 2.45) is 0 Å². The SMILES string of the molecule is COC1CCCCC1NC1CCC(=O)N(C)C1. The number of nitrogens with one attached hydrogen (secondary N) is 1. The summed E-state index contributed by atoms with van der Waals surface area (Å²) in [7, 11) is 3.70. The first-order valence-electron chi connectivity index (χ1n) is 6.73. The highest BCUT2D eigenvalue weighted by molar-refractivity contribution is 5.76. The van der Waals surface area contributed by atoms with E-state index >= 15 is 0 Å². The van der Waals surface area contributed by atoms with Crippen LogP contribution in [0.3, 0.4) is 0 Å². The van der Waals surface area contributed by atoms with E-state index in [0.29, 0.717) is 24.6 Å². The molecule has 1 heterocycles. The van der Waals surface area contributed by atoms with Crippen LogP contribution in [-0.2, 0) is 9.53 Å². The number of piperidine rings is 1. The van der Waals surface area contributed by atoms with Crippen molar-refractivity contribution in [1.29, 1.82) is 0 Å². The number of hydrogen-bond acceptors (Lipinski definition) is 3. The van der Waals surface area contributed by atoms with E-state index in [2.05, 4.69) is 5.32 Å². The fraction of sp³-hybridized carbons (Fsp3) is 0.923. The van der Waals surface area contributed by atoms with Gasteiger partial charge in [0, 0.05) is 39.2 Å². The van der Waals surface area contributed by atoms with Gasteiger partial charge in [0.05, 0.1) is 6.10 Å². The van der Waals surface area contributed by atoms with Gasteiger partial charge < -0.3 is 15.0 Å². The molecule has 1 amide bonds. The van der Waals surface area contributed by atoms with E-state index in [0.717, 1.165) is 19.4 Å². The molecule has 1 saturated heterocycles. The number of rotatable bonds is 3. The normalized spacial score (nSPS) is 35.1. The molecule has 1 saturated carbocycles. The Morgan fingerprint density at radius 3 is 2.76 bits per heavy atom. The van der Waals surface area contributed by atoms with Crippen molar-refractivity contribution in [2.45, 2.75) is 56.7 Å². The molecular formula is C13H24N2O2. The fourth-order valence-electron chi connectivity index (χ4n) is 3.02. The van der Waals surface area contributed by atoms with E-state index in [1.807, 2.05) is 11.9 Å². The quantitative estimate of drug-likeness (QED) is 0.804. The van der Waals surface area contributed by atoms with Gasteiger partial charge in [-0.2, -0.15) is 0 Å². The zero-order valence-corrected chi connectivity index (χ0v) is 10.9. The predicted molar refractivity (Wildman–Crippen MR) is 66.8 cm³/mol. The van der Waals surface area contributed by atoms with Crippen LogP contribution in [0.25, 0.3) is 0 Å². The minimum Gasteiger partial charge on any atom is -0.380 e. The smallest absolute Gasteiger partial charge is 0.222 e. The molecule has 1 aliphatic heterocycles. The number of likely N-dealkylation sites (tertiary alicyclic amines) is 1. The minimum atomic E-state index is 0.273. The number of methoxy groups -OCH3 is 1. The van der Waals surface area contributed by atoms with Crippen molar-refractivity contribution in [3.05, 3.63) is 0 Å². The fourth-order valence-corrected chi connectivity index (χ4v) is 3.02. The van der Waals surface area contributed by atoms with E-state index in [1.165, 1.54) is 19.3 Å².